The molecule has 90 valence electrons. The third kappa shape index (κ3) is 2.93. The molecule has 1 aromatic rings. The predicted octanol–water partition coefficient (Wildman–Crippen LogP) is 1.67. The predicted molar refractivity (Wildman–Crippen MR) is 65.5 cm³/mol. The van der Waals surface area contributed by atoms with E-state index in [1.165, 1.54) is 0 Å². The first-order valence-corrected chi connectivity index (χ1v) is 6.01. The van der Waals surface area contributed by atoms with Gasteiger partial charge in [-0.2, -0.15) is 0 Å². The number of nitrogens with zero attached hydrogens (tertiary/aromatic N) is 1. The second-order valence-electron chi connectivity index (χ2n) is 4.62. The summed E-state index contributed by atoms with van der Waals surface area (Å²) in [5.74, 6) is 0.382. The third-order valence-electron chi connectivity index (χ3n) is 3.22. The maximum absolute atomic E-state index is 12.0. The number of carbonyl (C=O) groups excluding carboxylic acids is 2. The van der Waals surface area contributed by atoms with Crippen LogP contribution in [0.5, 0.6) is 0 Å². The molecule has 1 saturated heterocycles. The maximum atomic E-state index is 12.0. The van der Waals surface area contributed by atoms with Gasteiger partial charge in [0.2, 0.25) is 5.91 Å². The molecule has 1 aliphatic heterocycles. The highest BCUT2D eigenvalue weighted by atomic mass is 16.2. The second-order valence-corrected chi connectivity index (χ2v) is 4.62. The summed E-state index contributed by atoms with van der Waals surface area (Å²) < 4.78 is 0. The standard InChI is InChI=1S/C14H17NO2/c1-11-10-15(8-7-13(11)16)14(17)9-12-5-3-2-4-6-12/h2-6,11H,7-10H2,1H3. The molecule has 0 aliphatic carbocycles. The molecule has 1 atom stereocenters. The molecule has 3 nitrogen and oxygen atoms in total. The van der Waals surface area contributed by atoms with Crippen molar-refractivity contribution in [3.63, 3.8) is 0 Å². The fourth-order valence-electron chi connectivity index (χ4n) is 2.12. The van der Waals surface area contributed by atoms with Crippen LogP contribution in [0.1, 0.15) is 18.9 Å². The zero-order valence-electron chi connectivity index (χ0n) is 10.1. The summed E-state index contributed by atoms with van der Waals surface area (Å²) in [5.41, 5.74) is 1.03. The van der Waals surface area contributed by atoms with Gasteiger partial charge in [-0.15, -0.1) is 0 Å². The van der Waals surface area contributed by atoms with Crippen LogP contribution in [-0.4, -0.2) is 29.7 Å². The normalized spacial score (nSPS) is 20.4. The Morgan fingerprint density at radius 2 is 2.06 bits per heavy atom. The number of piperidine rings is 1. The molecule has 0 aromatic heterocycles. The molecule has 0 saturated carbocycles. The summed E-state index contributed by atoms with van der Waals surface area (Å²) in [7, 11) is 0. The van der Waals surface area contributed by atoms with Gasteiger partial charge < -0.3 is 4.90 Å². The highest BCUT2D eigenvalue weighted by Crippen LogP contribution is 2.13. The Bertz CT molecular complexity index is 413. The molecule has 0 N–H and O–H groups in total. The first-order chi connectivity index (χ1) is 8.16. The minimum atomic E-state index is -0.0107. The number of ketones is 1. The van der Waals surface area contributed by atoms with Crippen molar-refractivity contribution in [3.05, 3.63) is 35.9 Å². The van der Waals surface area contributed by atoms with Crippen molar-refractivity contribution >= 4 is 11.7 Å². The van der Waals surface area contributed by atoms with E-state index < -0.39 is 0 Å². The molecular formula is C14H17NO2. The van der Waals surface area contributed by atoms with E-state index in [9.17, 15) is 9.59 Å². The largest absolute Gasteiger partial charge is 0.341 e. The monoisotopic (exact) mass is 231 g/mol. The summed E-state index contributed by atoms with van der Waals surface area (Å²) in [6.07, 6.45) is 0.934. The first kappa shape index (κ1) is 11.8. The third-order valence-corrected chi connectivity index (χ3v) is 3.22. The molecule has 1 aromatic carbocycles. The van der Waals surface area contributed by atoms with Gasteiger partial charge in [-0.3, -0.25) is 9.59 Å². The number of carbonyl (C=O) groups is 2. The number of hydrogen-bond acceptors (Lipinski definition) is 2. The summed E-state index contributed by atoms with van der Waals surface area (Å²) in [6, 6.07) is 9.72. The van der Waals surface area contributed by atoms with E-state index in [1.54, 1.807) is 4.90 Å². The fraction of sp³-hybridized carbons (Fsp3) is 0.429. The minimum Gasteiger partial charge on any atom is -0.341 e. The Kier molecular flexibility index (Phi) is 3.57. The van der Waals surface area contributed by atoms with Crippen LogP contribution in [0.2, 0.25) is 0 Å². The molecular weight excluding hydrogens is 214 g/mol. The fourth-order valence-corrected chi connectivity index (χ4v) is 2.12. The number of benzene rings is 1. The lowest BCUT2D eigenvalue weighted by molar-refractivity contribution is -0.136. The number of likely N-dealkylation sites (tertiary alicyclic amines) is 1. The van der Waals surface area contributed by atoms with Crippen LogP contribution in [0.4, 0.5) is 0 Å². The van der Waals surface area contributed by atoms with Gasteiger partial charge in [-0.1, -0.05) is 37.3 Å². The van der Waals surface area contributed by atoms with Gasteiger partial charge in [-0.25, -0.2) is 0 Å². The molecule has 1 unspecified atom stereocenters. The average Bonchev–Trinajstić information content (AvgIpc) is 2.34. The SMILES string of the molecule is CC1CN(C(=O)Cc2ccccc2)CCC1=O. The Balaban J connectivity index is 1.95. The number of amides is 1. The van der Waals surface area contributed by atoms with Crippen molar-refractivity contribution in [2.75, 3.05) is 13.1 Å². The summed E-state index contributed by atoms with van der Waals surface area (Å²) >= 11 is 0. The van der Waals surface area contributed by atoms with Gasteiger partial charge >= 0.3 is 0 Å². The molecule has 0 radical (unpaired) electrons. The first-order valence-electron chi connectivity index (χ1n) is 6.01. The topological polar surface area (TPSA) is 37.4 Å². The van der Waals surface area contributed by atoms with E-state index in [-0.39, 0.29) is 17.6 Å². The van der Waals surface area contributed by atoms with Crippen LogP contribution in [-0.2, 0) is 16.0 Å². The molecule has 2 rings (SSSR count). The Labute approximate surface area is 101 Å². The molecule has 0 bridgehead atoms. The summed E-state index contributed by atoms with van der Waals surface area (Å²) in [6.45, 7) is 3.05. The Morgan fingerprint density at radius 3 is 2.71 bits per heavy atom. The Hall–Kier alpha value is -1.64. The number of Topliss-reactive ketones (excluding diaryl/α,β-unsaturated/α-hetero) is 1. The van der Waals surface area contributed by atoms with Crippen LogP contribution >= 0.6 is 0 Å². The van der Waals surface area contributed by atoms with E-state index in [0.717, 1.165) is 5.56 Å². The molecule has 3 heteroatoms. The molecule has 1 amide bonds. The van der Waals surface area contributed by atoms with Gasteiger partial charge in [0, 0.05) is 25.4 Å². The van der Waals surface area contributed by atoms with Gasteiger partial charge in [0.05, 0.1) is 6.42 Å². The van der Waals surface area contributed by atoms with E-state index in [2.05, 4.69) is 0 Å². The number of hydrogen-bond donors (Lipinski definition) is 0. The van der Waals surface area contributed by atoms with E-state index in [0.29, 0.717) is 25.9 Å². The second kappa shape index (κ2) is 5.13. The van der Waals surface area contributed by atoms with Crippen molar-refractivity contribution in [2.24, 2.45) is 5.92 Å². The lowest BCUT2D eigenvalue weighted by Gasteiger charge is -2.30. The zero-order chi connectivity index (χ0) is 12.3. The van der Waals surface area contributed by atoms with Crippen LogP contribution in [0.25, 0.3) is 0 Å². The summed E-state index contributed by atoms with van der Waals surface area (Å²) in [5, 5.41) is 0. The van der Waals surface area contributed by atoms with Gasteiger partial charge in [-0.05, 0) is 5.56 Å². The Morgan fingerprint density at radius 1 is 1.35 bits per heavy atom. The maximum Gasteiger partial charge on any atom is 0.227 e. The molecule has 1 fully saturated rings. The zero-order valence-corrected chi connectivity index (χ0v) is 10.1. The van der Waals surface area contributed by atoms with Gasteiger partial charge in [0.15, 0.2) is 0 Å². The highest BCUT2D eigenvalue weighted by Gasteiger charge is 2.26. The van der Waals surface area contributed by atoms with Crippen molar-refractivity contribution in [1.82, 2.24) is 4.90 Å². The van der Waals surface area contributed by atoms with Crippen molar-refractivity contribution in [2.45, 2.75) is 19.8 Å². The van der Waals surface area contributed by atoms with Gasteiger partial charge in [0.1, 0.15) is 5.78 Å². The van der Waals surface area contributed by atoms with E-state index >= 15 is 0 Å². The van der Waals surface area contributed by atoms with Crippen LogP contribution in [0, 0.1) is 5.92 Å². The van der Waals surface area contributed by atoms with E-state index in [4.69, 9.17) is 0 Å². The average molecular weight is 231 g/mol. The highest BCUT2D eigenvalue weighted by molar-refractivity contribution is 5.85. The minimum absolute atomic E-state index is 0.0107. The smallest absolute Gasteiger partial charge is 0.227 e. The number of rotatable bonds is 2. The van der Waals surface area contributed by atoms with Crippen LogP contribution in [0.3, 0.4) is 0 Å². The molecule has 17 heavy (non-hydrogen) atoms. The lowest BCUT2D eigenvalue weighted by atomic mass is 9.98. The van der Waals surface area contributed by atoms with Crippen molar-refractivity contribution in [1.29, 1.82) is 0 Å². The van der Waals surface area contributed by atoms with Crippen molar-refractivity contribution in [3.8, 4) is 0 Å². The van der Waals surface area contributed by atoms with Crippen molar-refractivity contribution < 1.29 is 9.59 Å². The lowest BCUT2D eigenvalue weighted by Crippen LogP contribution is -2.43. The molecule has 0 spiro atoms. The molecule has 1 aliphatic rings. The van der Waals surface area contributed by atoms with Crippen LogP contribution < -0.4 is 0 Å². The van der Waals surface area contributed by atoms with E-state index in [1.807, 2.05) is 37.3 Å². The van der Waals surface area contributed by atoms with Gasteiger partial charge in [0.25, 0.3) is 0 Å². The molecule has 1 heterocycles. The quantitative estimate of drug-likeness (QED) is 0.776. The van der Waals surface area contributed by atoms with Crippen LogP contribution in [0.15, 0.2) is 30.3 Å². The summed E-state index contributed by atoms with van der Waals surface area (Å²) in [4.78, 5) is 25.2.